The van der Waals surface area contributed by atoms with Crippen LogP contribution in [0.15, 0.2) is 0 Å². The van der Waals surface area contributed by atoms with Gasteiger partial charge in [-0.15, -0.1) is 0 Å². The van der Waals surface area contributed by atoms with Gasteiger partial charge in [0.2, 0.25) is 0 Å². The molecule has 1 saturated heterocycles. The van der Waals surface area contributed by atoms with Crippen LogP contribution in [0.5, 0.6) is 0 Å². The number of rotatable bonds is 1. The van der Waals surface area contributed by atoms with Gasteiger partial charge >= 0.3 is 0 Å². The average molecular weight is 129 g/mol. The van der Waals surface area contributed by atoms with Crippen molar-refractivity contribution < 1.29 is 5.11 Å². The Labute approximate surface area is 56.3 Å². The molecule has 9 heavy (non-hydrogen) atoms. The van der Waals surface area contributed by atoms with Gasteiger partial charge in [-0.3, -0.25) is 0 Å². The van der Waals surface area contributed by atoms with Crippen LogP contribution in [0.25, 0.3) is 0 Å². The van der Waals surface area contributed by atoms with Crippen molar-refractivity contribution in [1.82, 2.24) is 5.32 Å². The maximum Gasteiger partial charge on any atom is 0.0665 e. The largest absolute Gasteiger partial charge is 0.392 e. The Morgan fingerprint density at radius 3 is 2.78 bits per heavy atom. The van der Waals surface area contributed by atoms with Gasteiger partial charge < -0.3 is 10.4 Å². The van der Waals surface area contributed by atoms with E-state index < -0.39 is 0 Å². The van der Waals surface area contributed by atoms with Crippen molar-refractivity contribution in [2.24, 2.45) is 0 Å². The number of aliphatic hydroxyl groups excluding tert-OH is 1. The Morgan fingerprint density at radius 1 is 1.56 bits per heavy atom. The molecule has 1 fully saturated rings. The molecule has 0 amide bonds. The smallest absolute Gasteiger partial charge is 0.0665 e. The van der Waals surface area contributed by atoms with Crippen LogP contribution in [0, 0.1) is 0 Å². The monoisotopic (exact) mass is 129 g/mol. The van der Waals surface area contributed by atoms with E-state index in [1.165, 1.54) is 6.42 Å². The second-order valence-electron chi connectivity index (χ2n) is 2.74. The van der Waals surface area contributed by atoms with Crippen LogP contribution in [0.2, 0.25) is 0 Å². The zero-order valence-corrected chi connectivity index (χ0v) is 5.93. The fourth-order valence-corrected chi connectivity index (χ4v) is 1.25. The molecule has 1 aliphatic rings. The molecule has 0 aromatic heterocycles. The van der Waals surface area contributed by atoms with Gasteiger partial charge in [-0.1, -0.05) is 6.92 Å². The summed E-state index contributed by atoms with van der Waals surface area (Å²) in [4.78, 5) is 0. The van der Waals surface area contributed by atoms with Gasteiger partial charge in [-0.05, 0) is 19.3 Å². The number of piperidine rings is 1. The lowest BCUT2D eigenvalue weighted by Crippen LogP contribution is -2.40. The molecule has 2 nitrogen and oxygen atoms in total. The average Bonchev–Trinajstić information content (AvgIpc) is 1.90. The summed E-state index contributed by atoms with van der Waals surface area (Å²) in [5, 5.41) is 12.3. The Morgan fingerprint density at radius 2 is 2.33 bits per heavy atom. The Bertz CT molecular complexity index is 77.0. The molecule has 1 rings (SSSR count). The standard InChI is InChI=1S/C7H15NO/c1-2-6-3-4-7(9)5-8-6/h6-9H,2-5H2,1H3/t6-,7+/m1/s1. The zero-order valence-electron chi connectivity index (χ0n) is 5.93. The van der Waals surface area contributed by atoms with E-state index in [-0.39, 0.29) is 6.10 Å². The summed E-state index contributed by atoms with van der Waals surface area (Å²) in [6, 6.07) is 0.661. The van der Waals surface area contributed by atoms with Crippen molar-refractivity contribution in [3.8, 4) is 0 Å². The van der Waals surface area contributed by atoms with Crippen LogP contribution >= 0.6 is 0 Å². The Hall–Kier alpha value is -0.0800. The van der Waals surface area contributed by atoms with E-state index in [0.717, 1.165) is 19.4 Å². The second kappa shape index (κ2) is 3.18. The fourth-order valence-electron chi connectivity index (χ4n) is 1.25. The Kier molecular flexibility index (Phi) is 2.49. The molecule has 2 N–H and O–H groups in total. The predicted octanol–water partition coefficient (Wildman–Crippen LogP) is 0.509. The first-order chi connectivity index (χ1) is 4.33. The number of β-amino-alcohol motifs (C(OH)–C–C–N with tert-alkyl or cyclic N) is 1. The highest BCUT2D eigenvalue weighted by atomic mass is 16.3. The van der Waals surface area contributed by atoms with Crippen LogP contribution in [0.4, 0.5) is 0 Å². The summed E-state index contributed by atoms with van der Waals surface area (Å²) < 4.78 is 0. The molecule has 0 unspecified atom stereocenters. The molecule has 0 spiro atoms. The van der Waals surface area contributed by atoms with Crippen LogP contribution in [-0.2, 0) is 0 Å². The highest BCUT2D eigenvalue weighted by Crippen LogP contribution is 2.09. The minimum absolute atomic E-state index is 0.0900. The lowest BCUT2D eigenvalue weighted by Gasteiger charge is -2.25. The number of hydrogen-bond donors (Lipinski definition) is 2. The van der Waals surface area contributed by atoms with Crippen molar-refractivity contribution in [3.63, 3.8) is 0 Å². The molecule has 54 valence electrons. The van der Waals surface area contributed by atoms with Crippen molar-refractivity contribution in [3.05, 3.63) is 0 Å². The third-order valence-electron chi connectivity index (χ3n) is 1.98. The zero-order chi connectivity index (χ0) is 6.69. The van der Waals surface area contributed by atoms with E-state index in [0.29, 0.717) is 6.04 Å². The lowest BCUT2D eigenvalue weighted by molar-refractivity contribution is 0.125. The van der Waals surface area contributed by atoms with Crippen LogP contribution < -0.4 is 5.32 Å². The van der Waals surface area contributed by atoms with E-state index in [9.17, 15) is 0 Å². The highest BCUT2D eigenvalue weighted by molar-refractivity contribution is 4.75. The van der Waals surface area contributed by atoms with Crippen molar-refractivity contribution in [1.29, 1.82) is 0 Å². The molecule has 0 saturated carbocycles. The summed E-state index contributed by atoms with van der Waals surface area (Å²) in [6.45, 7) is 2.97. The molecule has 1 heterocycles. The van der Waals surface area contributed by atoms with E-state index in [2.05, 4.69) is 12.2 Å². The van der Waals surface area contributed by atoms with Gasteiger partial charge in [0.05, 0.1) is 6.10 Å². The van der Waals surface area contributed by atoms with Crippen molar-refractivity contribution in [2.45, 2.75) is 38.3 Å². The number of nitrogens with one attached hydrogen (secondary N) is 1. The van der Waals surface area contributed by atoms with Crippen LogP contribution in [0.3, 0.4) is 0 Å². The molecule has 0 aromatic carbocycles. The van der Waals surface area contributed by atoms with E-state index in [1.807, 2.05) is 0 Å². The third kappa shape index (κ3) is 1.95. The van der Waals surface area contributed by atoms with Gasteiger partial charge in [0.1, 0.15) is 0 Å². The highest BCUT2D eigenvalue weighted by Gasteiger charge is 2.15. The minimum Gasteiger partial charge on any atom is -0.392 e. The van der Waals surface area contributed by atoms with Gasteiger partial charge in [0.25, 0.3) is 0 Å². The summed E-state index contributed by atoms with van der Waals surface area (Å²) >= 11 is 0. The van der Waals surface area contributed by atoms with Crippen molar-refractivity contribution >= 4 is 0 Å². The summed E-state index contributed by atoms with van der Waals surface area (Å²) in [5.74, 6) is 0. The quantitative estimate of drug-likeness (QED) is 0.540. The van der Waals surface area contributed by atoms with E-state index >= 15 is 0 Å². The minimum atomic E-state index is -0.0900. The maximum atomic E-state index is 9.06. The van der Waals surface area contributed by atoms with E-state index in [4.69, 9.17) is 5.11 Å². The molecule has 1 aliphatic heterocycles. The van der Waals surface area contributed by atoms with Crippen LogP contribution in [0.1, 0.15) is 26.2 Å². The molecule has 0 aromatic rings. The molecule has 2 atom stereocenters. The molecule has 0 bridgehead atoms. The van der Waals surface area contributed by atoms with E-state index in [1.54, 1.807) is 0 Å². The molecule has 0 aliphatic carbocycles. The molecular weight excluding hydrogens is 114 g/mol. The first-order valence-electron chi connectivity index (χ1n) is 3.74. The second-order valence-corrected chi connectivity index (χ2v) is 2.74. The topological polar surface area (TPSA) is 32.3 Å². The van der Waals surface area contributed by atoms with Gasteiger partial charge in [0, 0.05) is 12.6 Å². The van der Waals surface area contributed by atoms with Gasteiger partial charge in [0.15, 0.2) is 0 Å². The van der Waals surface area contributed by atoms with Crippen molar-refractivity contribution in [2.75, 3.05) is 6.54 Å². The summed E-state index contributed by atoms with van der Waals surface area (Å²) in [5.41, 5.74) is 0. The molecular formula is C7H15NO. The number of hydrogen-bond acceptors (Lipinski definition) is 2. The molecule has 0 radical (unpaired) electrons. The van der Waals surface area contributed by atoms with Crippen LogP contribution in [-0.4, -0.2) is 23.8 Å². The lowest BCUT2D eigenvalue weighted by atomic mass is 10.0. The van der Waals surface area contributed by atoms with Gasteiger partial charge in [-0.2, -0.15) is 0 Å². The summed E-state index contributed by atoms with van der Waals surface area (Å²) in [7, 11) is 0. The summed E-state index contributed by atoms with van der Waals surface area (Å²) in [6.07, 6.45) is 3.21. The SMILES string of the molecule is CC[C@@H]1CC[C@H](O)CN1. The Balaban J connectivity index is 2.18. The maximum absolute atomic E-state index is 9.06. The first-order valence-corrected chi connectivity index (χ1v) is 3.74. The third-order valence-corrected chi connectivity index (χ3v) is 1.98. The normalized spacial score (nSPS) is 36.7. The predicted molar refractivity (Wildman–Crippen MR) is 37.3 cm³/mol. The number of aliphatic hydroxyl groups is 1. The fraction of sp³-hybridized carbons (Fsp3) is 1.00. The van der Waals surface area contributed by atoms with Gasteiger partial charge in [-0.25, -0.2) is 0 Å². The first kappa shape index (κ1) is 7.03. The molecule has 2 heteroatoms.